The molecule has 2 aromatic rings. The molecule has 8 heteroatoms. The quantitative estimate of drug-likeness (QED) is 0.881. The molecule has 0 aliphatic carbocycles. The molecule has 0 bridgehead atoms. The van der Waals surface area contributed by atoms with Crippen molar-refractivity contribution in [3.8, 4) is 0 Å². The Labute approximate surface area is 128 Å². The number of amides is 1. The summed E-state index contributed by atoms with van der Waals surface area (Å²) in [5.74, 6) is -1.30. The van der Waals surface area contributed by atoms with Gasteiger partial charge in [-0.05, 0) is 30.7 Å². The van der Waals surface area contributed by atoms with Crippen LogP contribution in [0.1, 0.15) is 11.1 Å². The number of carbonyl (C=O) groups is 1. The van der Waals surface area contributed by atoms with E-state index < -0.39 is 35.6 Å². The number of hydrogen-bond donors (Lipinski definition) is 1. The van der Waals surface area contributed by atoms with Crippen LogP contribution in [0.4, 0.5) is 23.2 Å². The third-order valence-electron chi connectivity index (χ3n) is 3.10. The molecule has 1 amide bonds. The summed E-state index contributed by atoms with van der Waals surface area (Å²) in [4.78, 5) is 23.4. The van der Waals surface area contributed by atoms with E-state index in [4.69, 9.17) is 0 Å². The number of nitrogens with zero attached hydrogens (tertiary/aromatic N) is 1. The lowest BCUT2D eigenvalue weighted by atomic mass is 10.2. The van der Waals surface area contributed by atoms with Crippen molar-refractivity contribution in [1.29, 1.82) is 0 Å². The fourth-order valence-corrected chi connectivity index (χ4v) is 1.90. The minimum Gasteiger partial charge on any atom is -0.324 e. The molecule has 0 aliphatic heterocycles. The third-order valence-corrected chi connectivity index (χ3v) is 3.10. The van der Waals surface area contributed by atoms with Crippen LogP contribution in [0.2, 0.25) is 0 Å². The summed E-state index contributed by atoms with van der Waals surface area (Å²) in [6.45, 7) is 1.02. The monoisotopic (exact) mass is 328 g/mol. The molecule has 0 spiro atoms. The van der Waals surface area contributed by atoms with Crippen molar-refractivity contribution in [1.82, 2.24) is 4.57 Å². The van der Waals surface area contributed by atoms with Crippen LogP contribution in [0, 0.1) is 12.7 Å². The van der Waals surface area contributed by atoms with Gasteiger partial charge in [0.15, 0.2) is 0 Å². The van der Waals surface area contributed by atoms with Gasteiger partial charge in [0.2, 0.25) is 5.91 Å². The lowest BCUT2D eigenvalue weighted by Crippen LogP contribution is -2.28. The van der Waals surface area contributed by atoms with Gasteiger partial charge in [0.05, 0.1) is 5.56 Å². The highest BCUT2D eigenvalue weighted by Crippen LogP contribution is 2.28. The van der Waals surface area contributed by atoms with Crippen LogP contribution in [-0.4, -0.2) is 10.5 Å². The number of aryl methyl sites for hydroxylation is 1. The zero-order valence-corrected chi connectivity index (χ0v) is 11.9. The SMILES string of the molecule is Cc1ccc(F)cc1NC(=O)Cn1cc(C(F)(F)F)ccc1=O. The number of alkyl halides is 3. The van der Waals surface area contributed by atoms with Gasteiger partial charge in [-0.1, -0.05) is 6.07 Å². The Balaban J connectivity index is 2.20. The average molecular weight is 328 g/mol. The summed E-state index contributed by atoms with van der Waals surface area (Å²) in [5, 5.41) is 2.37. The first kappa shape index (κ1) is 16.7. The first-order chi connectivity index (χ1) is 10.7. The summed E-state index contributed by atoms with van der Waals surface area (Å²) in [5.41, 5.74) is -1.01. The van der Waals surface area contributed by atoms with E-state index in [9.17, 15) is 27.2 Å². The molecule has 0 unspecified atom stereocenters. The third kappa shape index (κ3) is 4.18. The van der Waals surface area contributed by atoms with Gasteiger partial charge in [-0.3, -0.25) is 9.59 Å². The maximum absolute atomic E-state index is 13.1. The van der Waals surface area contributed by atoms with Crippen molar-refractivity contribution < 1.29 is 22.4 Å². The van der Waals surface area contributed by atoms with Crippen LogP contribution in [0.3, 0.4) is 0 Å². The summed E-state index contributed by atoms with van der Waals surface area (Å²) < 4.78 is 51.7. The van der Waals surface area contributed by atoms with E-state index in [2.05, 4.69) is 5.32 Å². The van der Waals surface area contributed by atoms with E-state index in [1.807, 2.05) is 0 Å². The van der Waals surface area contributed by atoms with Gasteiger partial charge in [-0.25, -0.2) is 4.39 Å². The van der Waals surface area contributed by atoms with Crippen LogP contribution in [0.15, 0.2) is 41.3 Å². The second kappa shape index (κ2) is 6.23. The van der Waals surface area contributed by atoms with E-state index in [0.717, 1.165) is 12.1 Å². The van der Waals surface area contributed by atoms with Crippen molar-refractivity contribution in [2.75, 3.05) is 5.32 Å². The normalized spacial score (nSPS) is 11.3. The maximum atomic E-state index is 13.1. The molecule has 1 aromatic carbocycles. The predicted molar refractivity (Wildman–Crippen MR) is 75.5 cm³/mol. The van der Waals surface area contributed by atoms with Crippen LogP contribution < -0.4 is 10.9 Å². The van der Waals surface area contributed by atoms with E-state index in [0.29, 0.717) is 22.4 Å². The number of hydrogen-bond acceptors (Lipinski definition) is 2. The molecule has 0 aliphatic rings. The Morgan fingerprint density at radius 1 is 1.22 bits per heavy atom. The average Bonchev–Trinajstić information content (AvgIpc) is 2.44. The second-order valence-corrected chi connectivity index (χ2v) is 4.89. The molecule has 0 saturated carbocycles. The van der Waals surface area contributed by atoms with E-state index in [1.54, 1.807) is 6.92 Å². The van der Waals surface area contributed by atoms with E-state index in [1.165, 1.54) is 12.1 Å². The Morgan fingerprint density at radius 3 is 2.57 bits per heavy atom. The summed E-state index contributed by atoms with van der Waals surface area (Å²) in [7, 11) is 0. The van der Waals surface area contributed by atoms with Gasteiger partial charge in [0.1, 0.15) is 12.4 Å². The highest BCUT2D eigenvalue weighted by molar-refractivity contribution is 5.91. The fourth-order valence-electron chi connectivity index (χ4n) is 1.90. The molecule has 1 heterocycles. The van der Waals surface area contributed by atoms with Gasteiger partial charge < -0.3 is 9.88 Å². The first-order valence-electron chi connectivity index (χ1n) is 6.50. The molecule has 1 N–H and O–H groups in total. The highest BCUT2D eigenvalue weighted by Gasteiger charge is 2.31. The van der Waals surface area contributed by atoms with E-state index in [-0.39, 0.29) is 5.69 Å². The van der Waals surface area contributed by atoms with E-state index >= 15 is 0 Å². The molecule has 23 heavy (non-hydrogen) atoms. The number of anilines is 1. The van der Waals surface area contributed by atoms with Crippen molar-refractivity contribution in [3.63, 3.8) is 0 Å². The van der Waals surface area contributed by atoms with Crippen LogP contribution in [0.5, 0.6) is 0 Å². The molecule has 4 nitrogen and oxygen atoms in total. The molecule has 1 aromatic heterocycles. The number of carbonyl (C=O) groups excluding carboxylic acids is 1. The maximum Gasteiger partial charge on any atom is 0.417 e. The predicted octanol–water partition coefficient (Wildman–Crippen LogP) is 2.95. The lowest BCUT2D eigenvalue weighted by molar-refractivity contribution is -0.138. The molecular weight excluding hydrogens is 316 g/mol. The van der Waals surface area contributed by atoms with Gasteiger partial charge in [0, 0.05) is 18.0 Å². The summed E-state index contributed by atoms with van der Waals surface area (Å²) >= 11 is 0. The zero-order valence-electron chi connectivity index (χ0n) is 11.9. The summed E-state index contributed by atoms with van der Waals surface area (Å²) in [6, 6.07) is 5.13. The van der Waals surface area contributed by atoms with Gasteiger partial charge in [-0.2, -0.15) is 13.2 Å². The molecule has 2 rings (SSSR count). The molecule has 0 saturated heterocycles. The molecule has 0 fully saturated rings. The Kier molecular flexibility index (Phi) is 4.53. The summed E-state index contributed by atoms with van der Waals surface area (Å²) in [6.07, 6.45) is -4.05. The number of pyridine rings is 1. The number of nitrogens with one attached hydrogen (secondary N) is 1. The van der Waals surface area contributed by atoms with Gasteiger partial charge in [-0.15, -0.1) is 0 Å². The van der Waals surface area contributed by atoms with Gasteiger partial charge >= 0.3 is 6.18 Å². The molecule has 122 valence electrons. The van der Waals surface area contributed by atoms with Crippen LogP contribution in [-0.2, 0) is 17.5 Å². The van der Waals surface area contributed by atoms with Crippen molar-refractivity contribution in [3.05, 3.63) is 63.8 Å². The highest BCUT2D eigenvalue weighted by atomic mass is 19.4. The first-order valence-corrected chi connectivity index (χ1v) is 6.50. The standard InChI is InChI=1S/C15H12F4N2O2/c1-9-2-4-11(16)6-12(9)20-13(22)8-21-7-10(15(17,18)19)3-5-14(21)23/h2-7H,8H2,1H3,(H,20,22). The molecular formula is C15H12F4N2O2. The number of benzene rings is 1. The van der Waals surface area contributed by atoms with Crippen molar-refractivity contribution >= 4 is 11.6 Å². The lowest BCUT2D eigenvalue weighted by Gasteiger charge is -2.12. The minimum absolute atomic E-state index is 0.190. The zero-order chi connectivity index (χ0) is 17.2. The Bertz CT molecular complexity index is 797. The number of aromatic nitrogens is 1. The number of halogens is 4. The smallest absolute Gasteiger partial charge is 0.324 e. The van der Waals surface area contributed by atoms with Crippen LogP contribution in [0.25, 0.3) is 0 Å². The minimum atomic E-state index is -4.62. The second-order valence-electron chi connectivity index (χ2n) is 4.89. The Hall–Kier alpha value is -2.64. The number of rotatable bonds is 3. The van der Waals surface area contributed by atoms with Crippen LogP contribution >= 0.6 is 0 Å². The molecule has 0 atom stereocenters. The van der Waals surface area contributed by atoms with Gasteiger partial charge in [0.25, 0.3) is 5.56 Å². The van der Waals surface area contributed by atoms with Crippen molar-refractivity contribution in [2.24, 2.45) is 0 Å². The van der Waals surface area contributed by atoms with Crippen molar-refractivity contribution in [2.45, 2.75) is 19.6 Å². The molecule has 0 radical (unpaired) electrons. The Morgan fingerprint density at radius 2 is 1.91 bits per heavy atom. The fraction of sp³-hybridized carbons (Fsp3) is 0.200. The topological polar surface area (TPSA) is 51.1 Å². The largest absolute Gasteiger partial charge is 0.417 e.